The lowest BCUT2D eigenvalue weighted by atomic mass is 9.90. The molecule has 0 aromatic rings. The number of unbranched alkanes of at least 4 members (excludes halogenated alkanes) is 1. The molecule has 0 spiro atoms. The topological polar surface area (TPSA) is 85.5 Å². The van der Waals surface area contributed by atoms with E-state index in [-0.39, 0.29) is 23.2 Å². The third kappa shape index (κ3) is 6.19. The molecule has 182 valence electrons. The minimum atomic E-state index is -0.00293. The summed E-state index contributed by atoms with van der Waals surface area (Å²) in [7, 11) is 0. The van der Waals surface area contributed by atoms with Gasteiger partial charge in [-0.1, -0.05) is 12.8 Å². The highest BCUT2D eigenvalue weighted by atomic mass is 32.2. The summed E-state index contributed by atoms with van der Waals surface area (Å²) < 4.78 is 0. The first-order valence-corrected chi connectivity index (χ1v) is 14.2. The van der Waals surface area contributed by atoms with E-state index in [2.05, 4.69) is 32.4 Å². The van der Waals surface area contributed by atoms with Crippen LogP contribution in [0, 0.1) is 17.8 Å². The van der Waals surface area contributed by atoms with E-state index >= 15 is 0 Å². The van der Waals surface area contributed by atoms with E-state index in [1.54, 1.807) is 11.8 Å². The van der Waals surface area contributed by atoms with Crippen LogP contribution >= 0.6 is 11.8 Å². The number of amides is 2. The fourth-order valence-corrected chi connectivity index (χ4v) is 7.00. The fraction of sp³-hybridized carbons (Fsp3) is 0.917. The maximum absolute atomic E-state index is 13.0. The van der Waals surface area contributed by atoms with E-state index in [9.17, 15) is 9.59 Å². The standard InChI is InChI=1S/C24H43N5O2S/c1-32-23-19(6-4-11-27-23)24(31)29-13-8-17(9-14-29)5-2-3-10-26-22(30)21-15-18-16-25-12-7-20(18)28-21/h17-21,23,25,27-28H,2-16H2,1H3,(H,26,30). The van der Waals surface area contributed by atoms with E-state index in [0.717, 1.165) is 96.6 Å². The van der Waals surface area contributed by atoms with Gasteiger partial charge in [-0.2, -0.15) is 0 Å². The number of rotatable bonds is 8. The molecule has 0 bridgehead atoms. The van der Waals surface area contributed by atoms with Crippen molar-refractivity contribution in [3.8, 4) is 0 Å². The summed E-state index contributed by atoms with van der Waals surface area (Å²) in [5, 5.41) is 13.9. The number of nitrogens with one attached hydrogen (secondary N) is 4. The van der Waals surface area contributed by atoms with Crippen LogP contribution in [-0.2, 0) is 9.59 Å². The molecule has 4 fully saturated rings. The molecule has 4 N–H and O–H groups in total. The molecule has 5 unspecified atom stereocenters. The van der Waals surface area contributed by atoms with Crippen molar-refractivity contribution in [3.63, 3.8) is 0 Å². The number of piperidine rings is 3. The molecule has 7 nitrogen and oxygen atoms in total. The number of nitrogens with zero attached hydrogens (tertiary/aromatic N) is 1. The second-order valence-corrected chi connectivity index (χ2v) is 11.2. The average molecular weight is 466 g/mol. The van der Waals surface area contributed by atoms with E-state index in [1.165, 1.54) is 6.42 Å². The van der Waals surface area contributed by atoms with E-state index in [0.29, 0.717) is 17.9 Å². The van der Waals surface area contributed by atoms with Gasteiger partial charge in [0.15, 0.2) is 0 Å². The van der Waals surface area contributed by atoms with Crippen LogP contribution in [0.25, 0.3) is 0 Å². The SMILES string of the molecule is CSC1NCCCC1C(=O)N1CCC(CCCCNC(=O)C2CC3CNCCC3N2)CC1. The van der Waals surface area contributed by atoms with Crippen molar-refractivity contribution in [3.05, 3.63) is 0 Å². The van der Waals surface area contributed by atoms with Crippen molar-refractivity contribution in [2.75, 3.05) is 45.5 Å². The number of carbonyl (C=O) groups excluding carboxylic acids is 2. The Morgan fingerprint density at radius 2 is 1.94 bits per heavy atom. The molecule has 32 heavy (non-hydrogen) atoms. The predicted molar refractivity (Wildman–Crippen MR) is 130 cm³/mol. The highest BCUT2D eigenvalue weighted by Crippen LogP contribution is 2.29. The molecular formula is C24H43N5O2S. The molecule has 0 radical (unpaired) electrons. The number of likely N-dealkylation sites (tertiary alicyclic amines) is 1. The van der Waals surface area contributed by atoms with Crippen molar-refractivity contribution in [2.45, 2.75) is 75.2 Å². The van der Waals surface area contributed by atoms with Gasteiger partial charge in [-0.05, 0) is 82.7 Å². The lowest BCUT2D eigenvalue weighted by Gasteiger charge is -2.38. The number of hydrogen-bond donors (Lipinski definition) is 4. The van der Waals surface area contributed by atoms with E-state index < -0.39 is 0 Å². The highest BCUT2D eigenvalue weighted by Gasteiger charge is 2.38. The summed E-state index contributed by atoms with van der Waals surface area (Å²) >= 11 is 1.78. The Kier molecular flexibility index (Phi) is 9.14. The Morgan fingerprint density at radius 1 is 1.09 bits per heavy atom. The number of thioether (sulfide) groups is 1. The molecule has 5 atom stereocenters. The highest BCUT2D eigenvalue weighted by molar-refractivity contribution is 7.99. The van der Waals surface area contributed by atoms with E-state index in [1.807, 2.05) is 0 Å². The molecule has 2 amide bonds. The van der Waals surface area contributed by atoms with Gasteiger partial charge < -0.3 is 26.2 Å². The van der Waals surface area contributed by atoms with Crippen LogP contribution in [0.1, 0.15) is 57.8 Å². The number of hydrogen-bond acceptors (Lipinski definition) is 6. The van der Waals surface area contributed by atoms with Gasteiger partial charge in [0.1, 0.15) is 0 Å². The van der Waals surface area contributed by atoms with E-state index in [4.69, 9.17) is 0 Å². The van der Waals surface area contributed by atoms with Crippen molar-refractivity contribution in [1.82, 2.24) is 26.2 Å². The first-order chi connectivity index (χ1) is 15.7. The Balaban J connectivity index is 1.07. The number of carbonyl (C=O) groups is 2. The summed E-state index contributed by atoms with van der Waals surface area (Å²) in [5.41, 5.74) is 0. The largest absolute Gasteiger partial charge is 0.355 e. The van der Waals surface area contributed by atoms with Gasteiger partial charge in [0.2, 0.25) is 11.8 Å². The molecule has 4 aliphatic heterocycles. The maximum atomic E-state index is 13.0. The minimum absolute atomic E-state index is 0.00293. The third-order valence-electron chi connectivity index (χ3n) is 8.12. The average Bonchev–Trinajstić information content (AvgIpc) is 3.28. The van der Waals surface area contributed by atoms with Crippen molar-refractivity contribution in [1.29, 1.82) is 0 Å². The summed E-state index contributed by atoms with van der Waals surface area (Å²) in [5.74, 6) is 2.04. The number of fused-ring (bicyclic) bond motifs is 1. The molecule has 0 saturated carbocycles. The second-order valence-electron chi connectivity index (χ2n) is 10.2. The molecule has 0 aromatic heterocycles. The first-order valence-electron chi connectivity index (χ1n) is 12.9. The molecular weight excluding hydrogens is 422 g/mol. The molecule has 0 aliphatic carbocycles. The minimum Gasteiger partial charge on any atom is -0.355 e. The zero-order chi connectivity index (χ0) is 22.3. The van der Waals surface area contributed by atoms with Crippen LogP contribution in [0.15, 0.2) is 0 Å². The van der Waals surface area contributed by atoms with Crippen LogP contribution in [0.5, 0.6) is 0 Å². The van der Waals surface area contributed by atoms with Crippen LogP contribution in [0.3, 0.4) is 0 Å². The van der Waals surface area contributed by atoms with Crippen molar-refractivity contribution >= 4 is 23.6 Å². The lowest BCUT2D eigenvalue weighted by Crippen LogP contribution is -2.49. The molecule has 4 aliphatic rings. The second kappa shape index (κ2) is 12.0. The van der Waals surface area contributed by atoms with Crippen LogP contribution in [0.2, 0.25) is 0 Å². The summed E-state index contributed by atoms with van der Waals surface area (Å²) in [6.07, 6.45) is 12.0. The van der Waals surface area contributed by atoms with Gasteiger partial charge in [0.05, 0.1) is 17.3 Å². The molecule has 8 heteroatoms. The maximum Gasteiger partial charge on any atom is 0.237 e. The zero-order valence-electron chi connectivity index (χ0n) is 19.7. The summed E-state index contributed by atoms with van der Waals surface area (Å²) in [6.45, 7) is 5.76. The summed E-state index contributed by atoms with van der Waals surface area (Å²) in [6, 6.07) is 0.516. The Bertz CT molecular complexity index is 614. The summed E-state index contributed by atoms with van der Waals surface area (Å²) in [4.78, 5) is 27.6. The van der Waals surface area contributed by atoms with Gasteiger partial charge in [-0.25, -0.2) is 0 Å². The van der Waals surface area contributed by atoms with Gasteiger partial charge in [0, 0.05) is 25.7 Å². The smallest absolute Gasteiger partial charge is 0.237 e. The quantitative estimate of drug-likeness (QED) is 0.407. The molecule has 4 saturated heterocycles. The first kappa shape index (κ1) is 24.3. The van der Waals surface area contributed by atoms with Crippen LogP contribution in [0.4, 0.5) is 0 Å². The monoisotopic (exact) mass is 465 g/mol. The molecule has 4 rings (SSSR count). The van der Waals surface area contributed by atoms with Gasteiger partial charge >= 0.3 is 0 Å². The van der Waals surface area contributed by atoms with Gasteiger partial charge in [0.25, 0.3) is 0 Å². The van der Waals surface area contributed by atoms with Gasteiger partial charge in [-0.3, -0.25) is 9.59 Å². The Labute approximate surface area is 198 Å². The predicted octanol–water partition coefficient (Wildman–Crippen LogP) is 1.54. The molecule has 0 aromatic carbocycles. The normalized spacial score (nSPS) is 33.7. The lowest BCUT2D eigenvalue weighted by molar-refractivity contribution is -0.137. The zero-order valence-corrected chi connectivity index (χ0v) is 20.6. The van der Waals surface area contributed by atoms with Crippen LogP contribution < -0.4 is 21.3 Å². The Hall–Kier alpha value is -0.830. The fourth-order valence-electron chi connectivity index (χ4n) is 6.13. The van der Waals surface area contributed by atoms with Crippen LogP contribution in [-0.4, -0.2) is 79.7 Å². The van der Waals surface area contributed by atoms with Crippen molar-refractivity contribution in [2.24, 2.45) is 17.8 Å². The molecule has 4 heterocycles. The Morgan fingerprint density at radius 3 is 2.72 bits per heavy atom. The third-order valence-corrected chi connectivity index (χ3v) is 9.12. The van der Waals surface area contributed by atoms with Crippen molar-refractivity contribution < 1.29 is 9.59 Å². The van der Waals surface area contributed by atoms with Gasteiger partial charge in [-0.15, -0.1) is 11.8 Å².